The Morgan fingerprint density at radius 2 is 1.78 bits per heavy atom. The molecular formula is C35H31N3O6S. The van der Waals surface area contributed by atoms with Crippen LogP contribution in [0.15, 0.2) is 113 Å². The first-order valence-electron chi connectivity index (χ1n) is 14.3. The van der Waals surface area contributed by atoms with Crippen LogP contribution in [0.25, 0.3) is 21.8 Å². The van der Waals surface area contributed by atoms with Crippen LogP contribution in [-0.2, 0) is 32.6 Å². The van der Waals surface area contributed by atoms with Gasteiger partial charge in [-0.1, -0.05) is 48.0 Å². The van der Waals surface area contributed by atoms with E-state index in [9.17, 15) is 18.3 Å². The lowest BCUT2D eigenvalue weighted by Gasteiger charge is -2.10. The normalized spacial score (nSPS) is 12.6. The van der Waals surface area contributed by atoms with E-state index in [0.717, 1.165) is 27.6 Å². The third kappa shape index (κ3) is 6.18. The Balaban J connectivity index is 1.40. The Bertz CT molecular complexity index is 2130. The highest BCUT2D eigenvalue weighted by Crippen LogP contribution is 2.30. The van der Waals surface area contributed by atoms with Crippen LogP contribution in [-0.4, -0.2) is 47.8 Å². The molecular weight excluding hydrogens is 590 g/mol. The van der Waals surface area contributed by atoms with Crippen molar-refractivity contribution in [1.29, 1.82) is 0 Å². The number of hydrogen-bond donors (Lipinski definition) is 2. The van der Waals surface area contributed by atoms with Crippen molar-refractivity contribution in [2.24, 2.45) is 4.99 Å². The molecule has 0 aliphatic carbocycles. The molecule has 45 heavy (non-hydrogen) atoms. The van der Waals surface area contributed by atoms with Gasteiger partial charge in [-0.2, -0.15) is 0 Å². The van der Waals surface area contributed by atoms with Crippen molar-refractivity contribution in [2.75, 3.05) is 7.11 Å². The zero-order valence-corrected chi connectivity index (χ0v) is 25.5. The van der Waals surface area contributed by atoms with E-state index in [0.29, 0.717) is 28.8 Å². The molecule has 0 aliphatic heterocycles. The van der Waals surface area contributed by atoms with Crippen LogP contribution in [0.4, 0.5) is 0 Å². The van der Waals surface area contributed by atoms with Gasteiger partial charge < -0.3 is 19.6 Å². The maximum absolute atomic E-state index is 13.8. The fourth-order valence-electron chi connectivity index (χ4n) is 5.21. The Hall–Kier alpha value is -5.35. The second kappa shape index (κ2) is 12.3. The quantitative estimate of drug-likeness (QED) is 0.140. The molecule has 0 saturated heterocycles. The molecule has 9 nitrogen and oxygen atoms in total. The molecule has 0 radical (unpaired) electrons. The number of rotatable bonds is 10. The lowest BCUT2D eigenvalue weighted by molar-refractivity contribution is -0.142. The smallest absolute Gasteiger partial charge is 0.330 e. The number of carbonyl (C=O) groups is 1. The van der Waals surface area contributed by atoms with Gasteiger partial charge in [0.25, 0.3) is 10.0 Å². The van der Waals surface area contributed by atoms with Crippen molar-refractivity contribution in [3.05, 3.63) is 126 Å². The number of esters is 1. The molecule has 0 bridgehead atoms. The van der Waals surface area contributed by atoms with E-state index in [1.165, 1.54) is 23.5 Å². The Labute approximate surface area is 260 Å². The number of aryl methyl sites for hydroxylation is 1. The number of carbonyl (C=O) groups excluding carboxylic acids is 1. The maximum atomic E-state index is 13.8. The van der Waals surface area contributed by atoms with E-state index < -0.39 is 22.0 Å². The van der Waals surface area contributed by atoms with E-state index >= 15 is 0 Å². The summed E-state index contributed by atoms with van der Waals surface area (Å²) in [5.74, 6) is 0.104. The number of phenolic OH excluding ortho intramolecular Hbond substituents is 1. The lowest BCUT2D eigenvalue weighted by atomic mass is 10.0. The third-order valence-electron chi connectivity index (χ3n) is 7.63. The van der Waals surface area contributed by atoms with Gasteiger partial charge in [0, 0.05) is 46.9 Å². The number of aromatic nitrogens is 2. The molecule has 6 aromatic rings. The summed E-state index contributed by atoms with van der Waals surface area (Å²) in [7, 11) is -2.67. The zero-order valence-electron chi connectivity index (χ0n) is 24.7. The van der Waals surface area contributed by atoms with Crippen molar-refractivity contribution < 1.29 is 27.8 Å². The van der Waals surface area contributed by atoms with Crippen molar-refractivity contribution >= 4 is 44.0 Å². The number of benzene rings is 4. The third-order valence-corrected chi connectivity index (χ3v) is 9.32. The summed E-state index contributed by atoms with van der Waals surface area (Å²) in [4.78, 5) is 20.7. The molecule has 10 heteroatoms. The molecule has 0 amide bonds. The van der Waals surface area contributed by atoms with Gasteiger partial charge in [-0.15, -0.1) is 0 Å². The largest absolute Gasteiger partial charge is 0.508 e. The molecule has 1 atom stereocenters. The van der Waals surface area contributed by atoms with Crippen molar-refractivity contribution in [2.45, 2.75) is 30.9 Å². The summed E-state index contributed by atoms with van der Waals surface area (Å²) >= 11 is 0. The topological polar surface area (TPSA) is 123 Å². The number of hydrogen-bond acceptors (Lipinski definition) is 7. The Morgan fingerprint density at radius 1 is 1.00 bits per heavy atom. The molecule has 0 unspecified atom stereocenters. The summed E-state index contributed by atoms with van der Waals surface area (Å²) in [6.07, 6.45) is 4.96. The molecule has 0 fully saturated rings. The van der Waals surface area contributed by atoms with Gasteiger partial charge in [-0.3, -0.25) is 4.99 Å². The number of phenols is 1. The van der Waals surface area contributed by atoms with Crippen LogP contribution in [0.1, 0.15) is 22.3 Å². The van der Waals surface area contributed by atoms with Crippen LogP contribution in [0.3, 0.4) is 0 Å². The summed E-state index contributed by atoms with van der Waals surface area (Å²) in [5.41, 5.74) is 4.43. The minimum atomic E-state index is -3.96. The van der Waals surface area contributed by atoms with Crippen LogP contribution in [0.2, 0.25) is 0 Å². The maximum Gasteiger partial charge on any atom is 0.330 e. The molecule has 2 aromatic heterocycles. The standard InChI is InChI=1S/C35H31N3O6S/c1-23-8-12-29(13-9-23)45(41,42)38-21-26(31-18-28(11-15-34(31)38)44-22-24-6-4-3-5-7-24)20-37-33(35(40)43-2)16-25-19-36-32-14-10-27(39)17-30(25)32/h3-15,17-21,33,36,39H,16,22H2,1-2H3/t33-/m0/s1. The van der Waals surface area contributed by atoms with E-state index in [1.54, 1.807) is 66.9 Å². The number of ether oxygens (including phenoxy) is 2. The number of fused-ring (bicyclic) bond motifs is 2. The molecule has 0 aliphatic rings. The zero-order chi connectivity index (χ0) is 31.6. The molecule has 0 saturated carbocycles. The van der Waals surface area contributed by atoms with E-state index in [-0.39, 0.29) is 17.1 Å². The van der Waals surface area contributed by atoms with E-state index in [1.807, 2.05) is 37.3 Å². The van der Waals surface area contributed by atoms with Gasteiger partial charge in [0.2, 0.25) is 0 Å². The van der Waals surface area contributed by atoms with Crippen LogP contribution in [0.5, 0.6) is 11.5 Å². The van der Waals surface area contributed by atoms with Gasteiger partial charge in [0.1, 0.15) is 18.1 Å². The number of nitrogens with one attached hydrogen (secondary N) is 1. The van der Waals surface area contributed by atoms with E-state index in [4.69, 9.17) is 9.47 Å². The number of nitrogens with zero attached hydrogens (tertiary/aromatic N) is 2. The van der Waals surface area contributed by atoms with Gasteiger partial charge in [0.15, 0.2) is 6.04 Å². The molecule has 2 N–H and O–H groups in total. The molecule has 228 valence electrons. The number of H-pyrrole nitrogens is 1. The van der Waals surface area contributed by atoms with Gasteiger partial charge >= 0.3 is 5.97 Å². The molecule has 0 spiro atoms. The Kier molecular flexibility index (Phi) is 8.14. The highest BCUT2D eigenvalue weighted by atomic mass is 32.2. The highest BCUT2D eigenvalue weighted by molar-refractivity contribution is 7.90. The van der Waals surface area contributed by atoms with Crippen LogP contribution >= 0.6 is 0 Å². The summed E-state index contributed by atoms with van der Waals surface area (Å²) in [5, 5.41) is 11.4. The van der Waals surface area contributed by atoms with E-state index in [2.05, 4.69) is 9.98 Å². The molecule has 6 rings (SSSR count). The van der Waals surface area contributed by atoms with Gasteiger partial charge in [-0.25, -0.2) is 17.2 Å². The monoisotopic (exact) mass is 621 g/mol. The SMILES string of the molecule is COC(=O)[C@H](Cc1c[nH]c2ccc(O)cc12)N=Cc1cn(S(=O)(=O)c2ccc(C)cc2)c2ccc(OCc3ccccc3)cc12. The first kappa shape index (κ1) is 29.7. The van der Waals surface area contributed by atoms with Crippen molar-refractivity contribution in [1.82, 2.24) is 8.96 Å². The van der Waals surface area contributed by atoms with Gasteiger partial charge in [0.05, 0.1) is 17.5 Å². The second-order valence-corrected chi connectivity index (χ2v) is 12.5. The fraction of sp³-hybridized carbons (Fsp3) is 0.143. The second-order valence-electron chi connectivity index (χ2n) is 10.7. The number of aromatic amines is 1. The average molecular weight is 622 g/mol. The van der Waals surface area contributed by atoms with Crippen molar-refractivity contribution in [3.63, 3.8) is 0 Å². The lowest BCUT2D eigenvalue weighted by Crippen LogP contribution is -2.23. The first-order valence-corrected chi connectivity index (χ1v) is 15.7. The number of methoxy groups -OCH3 is 1. The Morgan fingerprint density at radius 3 is 2.53 bits per heavy atom. The van der Waals surface area contributed by atoms with Crippen molar-refractivity contribution in [3.8, 4) is 11.5 Å². The number of aromatic hydroxyl groups is 1. The minimum Gasteiger partial charge on any atom is -0.508 e. The summed E-state index contributed by atoms with van der Waals surface area (Å²) in [6, 6.07) is 25.6. The summed E-state index contributed by atoms with van der Waals surface area (Å²) < 4.78 is 40.0. The molecule has 2 heterocycles. The minimum absolute atomic E-state index is 0.106. The van der Waals surface area contributed by atoms with Crippen LogP contribution < -0.4 is 4.74 Å². The predicted molar refractivity (Wildman–Crippen MR) is 174 cm³/mol. The average Bonchev–Trinajstić information content (AvgIpc) is 3.63. The summed E-state index contributed by atoms with van der Waals surface area (Å²) in [6.45, 7) is 2.23. The van der Waals surface area contributed by atoms with Gasteiger partial charge in [-0.05, 0) is 66.6 Å². The molecule has 4 aromatic carbocycles. The first-order chi connectivity index (χ1) is 21.7. The highest BCUT2D eigenvalue weighted by Gasteiger charge is 2.23. The fourth-order valence-corrected chi connectivity index (χ4v) is 6.58. The number of aliphatic imine (C=N–C) groups is 1. The van der Waals surface area contributed by atoms with Crippen LogP contribution in [0, 0.1) is 6.92 Å². The predicted octanol–water partition coefficient (Wildman–Crippen LogP) is 6.16.